The minimum absolute atomic E-state index is 0.0377. The van der Waals surface area contributed by atoms with E-state index < -0.39 is 17.0 Å². The van der Waals surface area contributed by atoms with Gasteiger partial charge in [-0.2, -0.15) is 0 Å². The molecule has 112 valence electrons. The maximum absolute atomic E-state index is 11.9. The van der Waals surface area contributed by atoms with Gasteiger partial charge in [0, 0.05) is 16.8 Å². The number of amides is 1. The van der Waals surface area contributed by atoms with Crippen LogP contribution in [0.25, 0.3) is 0 Å². The van der Waals surface area contributed by atoms with Crippen molar-refractivity contribution in [3.63, 3.8) is 0 Å². The zero-order valence-electron chi connectivity index (χ0n) is 11.6. The lowest BCUT2D eigenvalue weighted by Gasteiger charge is -2.05. The van der Waals surface area contributed by atoms with E-state index >= 15 is 0 Å². The molecule has 0 aliphatic carbocycles. The molecule has 1 unspecified atom stereocenters. The molecule has 1 amide bonds. The van der Waals surface area contributed by atoms with Gasteiger partial charge in [0.2, 0.25) is 0 Å². The summed E-state index contributed by atoms with van der Waals surface area (Å²) in [5.74, 6) is -0.516. The SMILES string of the molecule is CCCCc1ccc(NC(=O)c2ccc(S(=O)[O-])o2)cc1. The van der Waals surface area contributed by atoms with E-state index in [-0.39, 0.29) is 10.9 Å². The van der Waals surface area contributed by atoms with Crippen LogP contribution in [0.5, 0.6) is 0 Å². The molecule has 0 saturated carbocycles. The Balaban J connectivity index is 2.00. The third-order valence-electron chi connectivity index (χ3n) is 3.00. The van der Waals surface area contributed by atoms with Crippen LogP contribution in [0.3, 0.4) is 0 Å². The highest BCUT2D eigenvalue weighted by Crippen LogP contribution is 2.15. The number of benzene rings is 1. The lowest BCUT2D eigenvalue weighted by atomic mass is 10.1. The van der Waals surface area contributed by atoms with Gasteiger partial charge in [0.25, 0.3) is 5.91 Å². The van der Waals surface area contributed by atoms with E-state index in [1.807, 2.05) is 24.3 Å². The number of carbonyl (C=O) groups is 1. The van der Waals surface area contributed by atoms with E-state index in [9.17, 15) is 13.6 Å². The zero-order valence-corrected chi connectivity index (χ0v) is 12.4. The first kappa shape index (κ1) is 15.5. The van der Waals surface area contributed by atoms with Crippen molar-refractivity contribution >= 4 is 22.7 Å². The summed E-state index contributed by atoms with van der Waals surface area (Å²) in [5.41, 5.74) is 1.86. The minimum atomic E-state index is -2.47. The summed E-state index contributed by atoms with van der Waals surface area (Å²) >= 11 is -2.47. The molecule has 1 heterocycles. The van der Waals surface area contributed by atoms with Gasteiger partial charge in [-0.25, -0.2) is 0 Å². The van der Waals surface area contributed by atoms with E-state index in [4.69, 9.17) is 4.42 Å². The second-order valence-corrected chi connectivity index (χ2v) is 5.48. The quantitative estimate of drug-likeness (QED) is 0.831. The van der Waals surface area contributed by atoms with E-state index in [1.165, 1.54) is 17.7 Å². The molecule has 1 aromatic carbocycles. The lowest BCUT2D eigenvalue weighted by Crippen LogP contribution is -2.10. The average Bonchev–Trinajstić information content (AvgIpc) is 2.97. The van der Waals surface area contributed by atoms with Gasteiger partial charge in [-0.05, 0) is 42.7 Å². The number of unbranched alkanes of at least 4 members (excludes halogenated alkanes) is 1. The van der Waals surface area contributed by atoms with Gasteiger partial charge in [0.15, 0.2) is 10.9 Å². The van der Waals surface area contributed by atoms with Gasteiger partial charge in [-0.15, -0.1) is 0 Å². The van der Waals surface area contributed by atoms with Crippen molar-refractivity contribution < 1.29 is 18.0 Å². The maximum atomic E-state index is 11.9. The van der Waals surface area contributed by atoms with Gasteiger partial charge in [-0.1, -0.05) is 25.5 Å². The van der Waals surface area contributed by atoms with Gasteiger partial charge in [-0.3, -0.25) is 9.00 Å². The van der Waals surface area contributed by atoms with Crippen LogP contribution in [0.15, 0.2) is 45.9 Å². The summed E-state index contributed by atoms with van der Waals surface area (Å²) < 4.78 is 26.3. The fraction of sp³-hybridized carbons (Fsp3) is 0.267. The van der Waals surface area contributed by atoms with E-state index in [0.29, 0.717) is 5.69 Å². The highest BCUT2D eigenvalue weighted by Gasteiger charge is 2.11. The molecule has 0 fully saturated rings. The molecular formula is C15H16NO4S-. The van der Waals surface area contributed by atoms with Crippen molar-refractivity contribution in [2.24, 2.45) is 0 Å². The molecule has 6 heteroatoms. The van der Waals surface area contributed by atoms with Crippen LogP contribution in [0.2, 0.25) is 0 Å². The standard InChI is InChI=1S/C15H17NO4S/c1-2-3-4-11-5-7-12(8-6-11)16-15(17)13-9-10-14(20-13)21(18)19/h5-10H,2-4H2,1H3,(H,16,17)(H,18,19)/p-1. The molecule has 0 spiro atoms. The van der Waals surface area contributed by atoms with Crippen LogP contribution in [-0.4, -0.2) is 14.7 Å². The number of carbonyl (C=O) groups excluding carboxylic acids is 1. The van der Waals surface area contributed by atoms with Gasteiger partial charge in [0.1, 0.15) is 0 Å². The molecule has 2 rings (SSSR count). The second kappa shape index (κ2) is 7.19. The van der Waals surface area contributed by atoms with E-state index in [1.54, 1.807) is 0 Å². The summed E-state index contributed by atoms with van der Waals surface area (Å²) in [7, 11) is 0. The van der Waals surface area contributed by atoms with Crippen LogP contribution in [0, 0.1) is 0 Å². The van der Waals surface area contributed by atoms with Crippen molar-refractivity contribution in [2.45, 2.75) is 31.3 Å². The molecule has 0 aliphatic rings. The summed E-state index contributed by atoms with van der Waals surface area (Å²) in [6.07, 6.45) is 3.29. The molecule has 1 aromatic heterocycles. The average molecular weight is 306 g/mol. The molecule has 0 bridgehead atoms. The minimum Gasteiger partial charge on any atom is -0.766 e. The number of nitrogens with one attached hydrogen (secondary N) is 1. The Morgan fingerprint density at radius 2 is 1.95 bits per heavy atom. The smallest absolute Gasteiger partial charge is 0.291 e. The van der Waals surface area contributed by atoms with Crippen LogP contribution in [0.4, 0.5) is 5.69 Å². The molecule has 0 aliphatic heterocycles. The number of rotatable bonds is 6. The van der Waals surface area contributed by atoms with Gasteiger partial charge < -0.3 is 14.3 Å². The largest absolute Gasteiger partial charge is 0.766 e. The summed E-state index contributed by atoms with van der Waals surface area (Å²) in [6.45, 7) is 2.14. The Morgan fingerprint density at radius 1 is 1.24 bits per heavy atom. The Labute approximate surface area is 125 Å². The predicted octanol–water partition coefficient (Wildman–Crippen LogP) is 3.11. The van der Waals surface area contributed by atoms with E-state index in [0.717, 1.165) is 19.3 Å². The molecule has 0 saturated heterocycles. The molecule has 1 N–H and O–H groups in total. The number of furan rings is 1. The Hall–Kier alpha value is -1.92. The van der Waals surface area contributed by atoms with Crippen molar-refractivity contribution in [2.75, 3.05) is 5.32 Å². The van der Waals surface area contributed by atoms with Gasteiger partial charge in [0.05, 0.1) is 0 Å². The van der Waals surface area contributed by atoms with Gasteiger partial charge >= 0.3 is 0 Å². The van der Waals surface area contributed by atoms with Crippen LogP contribution >= 0.6 is 0 Å². The maximum Gasteiger partial charge on any atom is 0.291 e. The first-order valence-corrected chi connectivity index (χ1v) is 7.77. The van der Waals surface area contributed by atoms with E-state index in [2.05, 4.69) is 12.2 Å². The third-order valence-corrected chi connectivity index (χ3v) is 3.55. The van der Waals surface area contributed by atoms with Crippen LogP contribution in [0.1, 0.15) is 35.9 Å². The second-order valence-electron chi connectivity index (χ2n) is 4.61. The highest BCUT2D eigenvalue weighted by molar-refractivity contribution is 7.79. The number of hydrogen-bond acceptors (Lipinski definition) is 4. The number of aryl methyl sites for hydroxylation is 1. The Bertz CT molecular complexity index is 633. The molecule has 5 nitrogen and oxygen atoms in total. The molecule has 21 heavy (non-hydrogen) atoms. The van der Waals surface area contributed by atoms with Crippen molar-refractivity contribution in [1.82, 2.24) is 0 Å². The highest BCUT2D eigenvalue weighted by atomic mass is 32.2. The van der Waals surface area contributed by atoms with Crippen molar-refractivity contribution in [1.29, 1.82) is 0 Å². The zero-order chi connectivity index (χ0) is 15.2. The summed E-state index contributed by atoms with van der Waals surface area (Å²) in [5, 5.41) is 2.41. The number of anilines is 1. The van der Waals surface area contributed by atoms with Crippen LogP contribution < -0.4 is 5.32 Å². The molecule has 0 radical (unpaired) electrons. The Morgan fingerprint density at radius 3 is 2.52 bits per heavy atom. The third kappa shape index (κ3) is 4.27. The predicted molar refractivity (Wildman–Crippen MR) is 78.9 cm³/mol. The van der Waals surface area contributed by atoms with Crippen molar-refractivity contribution in [3.8, 4) is 0 Å². The first-order chi connectivity index (χ1) is 10.1. The first-order valence-electron chi connectivity index (χ1n) is 6.69. The summed E-state index contributed by atoms with van der Waals surface area (Å²) in [6, 6.07) is 10.1. The van der Waals surface area contributed by atoms with Crippen molar-refractivity contribution in [3.05, 3.63) is 47.7 Å². The Kier molecular flexibility index (Phi) is 5.30. The monoisotopic (exact) mass is 306 g/mol. The molecular weight excluding hydrogens is 290 g/mol. The lowest BCUT2D eigenvalue weighted by molar-refractivity contribution is 0.0991. The summed E-state index contributed by atoms with van der Waals surface area (Å²) in [4.78, 5) is 11.9. The fourth-order valence-electron chi connectivity index (χ4n) is 1.86. The molecule has 1 atom stereocenters. The fourth-order valence-corrected chi connectivity index (χ4v) is 2.20. The molecule has 2 aromatic rings. The van der Waals surface area contributed by atoms with Crippen LogP contribution in [-0.2, 0) is 17.5 Å². The normalized spacial score (nSPS) is 12.1. The number of hydrogen-bond donors (Lipinski definition) is 1. The topological polar surface area (TPSA) is 82.4 Å².